The number of carbonyl (C=O) groups is 1. The molecule has 0 N–H and O–H groups in total. The van der Waals surface area contributed by atoms with E-state index < -0.39 is 0 Å². The lowest BCUT2D eigenvalue weighted by Crippen LogP contribution is -2.43. The third kappa shape index (κ3) is 3.72. The van der Waals surface area contributed by atoms with Gasteiger partial charge in [-0.25, -0.2) is 0 Å². The maximum atomic E-state index is 12.9. The number of aryl methyl sites for hydroxylation is 1. The third-order valence-corrected chi connectivity index (χ3v) is 4.44. The number of nitrogens with zero attached hydrogens (tertiary/aromatic N) is 3. The van der Waals surface area contributed by atoms with Crippen molar-refractivity contribution in [1.82, 2.24) is 15.1 Å². The van der Waals surface area contributed by atoms with Crippen molar-refractivity contribution in [2.45, 2.75) is 45.6 Å². The number of hydrogen-bond donors (Lipinski definition) is 0. The summed E-state index contributed by atoms with van der Waals surface area (Å²) in [5, 5.41) is 7.97. The highest BCUT2D eigenvalue weighted by Gasteiger charge is 2.26. The number of amides is 1. The largest absolute Gasteiger partial charge is 0.438 e. The van der Waals surface area contributed by atoms with Gasteiger partial charge in [-0.3, -0.25) is 4.79 Å². The van der Waals surface area contributed by atoms with E-state index in [-0.39, 0.29) is 5.91 Å². The van der Waals surface area contributed by atoms with Gasteiger partial charge in [-0.15, -0.1) is 5.10 Å². The number of hydrogen-bond acceptors (Lipinski definition) is 4. The predicted molar refractivity (Wildman–Crippen MR) is 92.3 cm³/mol. The molecule has 5 heteroatoms. The molecule has 1 unspecified atom stereocenters. The highest BCUT2D eigenvalue weighted by atomic mass is 16.5. The minimum atomic E-state index is 0.0852. The van der Waals surface area contributed by atoms with Crippen molar-refractivity contribution in [3.05, 3.63) is 47.7 Å². The standard InChI is InChI=1S/C19H23N3O2/c1-3-16-8-4-5-12-22(16)19(23)15-7-6-9-17(13-15)24-18-11-10-14(2)20-21-18/h6-7,9-11,13,16H,3-5,8,12H2,1-2H3. The van der Waals surface area contributed by atoms with Gasteiger partial charge in [0.15, 0.2) is 0 Å². The zero-order valence-corrected chi connectivity index (χ0v) is 14.2. The van der Waals surface area contributed by atoms with Gasteiger partial charge >= 0.3 is 0 Å². The molecule has 1 fully saturated rings. The number of rotatable bonds is 4. The summed E-state index contributed by atoms with van der Waals surface area (Å²) >= 11 is 0. The van der Waals surface area contributed by atoms with E-state index in [1.165, 1.54) is 6.42 Å². The fraction of sp³-hybridized carbons (Fsp3) is 0.421. The fourth-order valence-electron chi connectivity index (χ4n) is 3.11. The lowest BCUT2D eigenvalue weighted by molar-refractivity contribution is 0.0607. The number of aromatic nitrogens is 2. The van der Waals surface area contributed by atoms with Crippen LogP contribution in [0.5, 0.6) is 11.6 Å². The first kappa shape index (κ1) is 16.4. The molecule has 2 heterocycles. The molecular formula is C19H23N3O2. The van der Waals surface area contributed by atoms with Crippen LogP contribution in [0.25, 0.3) is 0 Å². The molecule has 3 rings (SSSR count). The van der Waals surface area contributed by atoms with Gasteiger partial charge in [0, 0.05) is 24.2 Å². The van der Waals surface area contributed by atoms with Crippen LogP contribution in [-0.4, -0.2) is 33.6 Å². The Kier molecular flexibility index (Phi) is 5.08. The molecule has 1 atom stereocenters. The molecule has 1 saturated heterocycles. The molecule has 0 aliphatic carbocycles. The van der Waals surface area contributed by atoms with E-state index in [0.29, 0.717) is 23.2 Å². The molecule has 1 aliphatic heterocycles. The van der Waals surface area contributed by atoms with E-state index in [1.807, 2.05) is 36.1 Å². The molecule has 0 spiro atoms. The van der Waals surface area contributed by atoms with Crippen molar-refractivity contribution in [2.75, 3.05) is 6.54 Å². The van der Waals surface area contributed by atoms with Crippen molar-refractivity contribution in [2.24, 2.45) is 0 Å². The van der Waals surface area contributed by atoms with Crippen LogP contribution < -0.4 is 4.74 Å². The van der Waals surface area contributed by atoms with Crippen LogP contribution in [0.1, 0.15) is 48.7 Å². The molecule has 1 aliphatic rings. The maximum absolute atomic E-state index is 12.9. The van der Waals surface area contributed by atoms with E-state index in [0.717, 1.165) is 31.5 Å². The normalized spacial score (nSPS) is 17.6. The summed E-state index contributed by atoms with van der Waals surface area (Å²) in [6.45, 7) is 4.86. The Morgan fingerprint density at radius 1 is 1.25 bits per heavy atom. The highest BCUT2D eigenvalue weighted by molar-refractivity contribution is 5.94. The first-order chi connectivity index (χ1) is 11.7. The molecule has 5 nitrogen and oxygen atoms in total. The predicted octanol–water partition coefficient (Wildman–Crippen LogP) is 3.98. The number of piperidine rings is 1. The van der Waals surface area contributed by atoms with Crippen molar-refractivity contribution < 1.29 is 9.53 Å². The Morgan fingerprint density at radius 2 is 2.12 bits per heavy atom. The maximum Gasteiger partial charge on any atom is 0.254 e. The second-order valence-corrected chi connectivity index (χ2v) is 6.20. The molecule has 2 aromatic rings. The molecular weight excluding hydrogens is 302 g/mol. The molecule has 1 aromatic carbocycles. The summed E-state index contributed by atoms with van der Waals surface area (Å²) in [4.78, 5) is 14.9. The van der Waals surface area contributed by atoms with Crippen LogP contribution >= 0.6 is 0 Å². The summed E-state index contributed by atoms with van der Waals surface area (Å²) < 4.78 is 5.72. The summed E-state index contributed by atoms with van der Waals surface area (Å²) in [6, 6.07) is 11.3. The lowest BCUT2D eigenvalue weighted by Gasteiger charge is -2.35. The van der Waals surface area contributed by atoms with Gasteiger partial charge in [-0.1, -0.05) is 13.0 Å². The topological polar surface area (TPSA) is 55.3 Å². The zero-order valence-electron chi connectivity index (χ0n) is 14.2. The van der Waals surface area contributed by atoms with Gasteiger partial charge in [0.1, 0.15) is 5.75 Å². The van der Waals surface area contributed by atoms with Gasteiger partial charge < -0.3 is 9.64 Å². The van der Waals surface area contributed by atoms with Crippen LogP contribution in [0.4, 0.5) is 0 Å². The Morgan fingerprint density at radius 3 is 2.88 bits per heavy atom. The van der Waals surface area contributed by atoms with Gasteiger partial charge in [0.2, 0.25) is 5.88 Å². The van der Waals surface area contributed by atoms with Crippen molar-refractivity contribution in [3.63, 3.8) is 0 Å². The summed E-state index contributed by atoms with van der Waals surface area (Å²) in [6.07, 6.45) is 4.38. The highest BCUT2D eigenvalue weighted by Crippen LogP contribution is 2.24. The zero-order chi connectivity index (χ0) is 16.9. The molecule has 0 saturated carbocycles. The Labute approximate surface area is 142 Å². The molecule has 24 heavy (non-hydrogen) atoms. The average Bonchev–Trinajstić information content (AvgIpc) is 2.63. The van der Waals surface area contributed by atoms with Crippen molar-refractivity contribution in [1.29, 1.82) is 0 Å². The number of benzene rings is 1. The second-order valence-electron chi connectivity index (χ2n) is 6.20. The van der Waals surface area contributed by atoms with E-state index >= 15 is 0 Å². The summed E-state index contributed by atoms with van der Waals surface area (Å²) in [7, 11) is 0. The second kappa shape index (κ2) is 7.43. The molecule has 0 bridgehead atoms. The first-order valence-corrected chi connectivity index (χ1v) is 8.56. The molecule has 0 radical (unpaired) electrons. The van der Waals surface area contributed by atoms with E-state index in [4.69, 9.17) is 4.74 Å². The Hall–Kier alpha value is -2.43. The van der Waals surface area contributed by atoms with E-state index in [2.05, 4.69) is 17.1 Å². The molecule has 126 valence electrons. The quantitative estimate of drug-likeness (QED) is 0.853. The van der Waals surface area contributed by atoms with Crippen molar-refractivity contribution in [3.8, 4) is 11.6 Å². The minimum Gasteiger partial charge on any atom is -0.438 e. The minimum absolute atomic E-state index is 0.0852. The number of ether oxygens (including phenoxy) is 1. The smallest absolute Gasteiger partial charge is 0.254 e. The van der Waals surface area contributed by atoms with Gasteiger partial charge in [-0.2, -0.15) is 5.10 Å². The lowest BCUT2D eigenvalue weighted by atomic mass is 9.99. The summed E-state index contributed by atoms with van der Waals surface area (Å²) in [5.74, 6) is 1.11. The first-order valence-electron chi connectivity index (χ1n) is 8.56. The SMILES string of the molecule is CCC1CCCCN1C(=O)c1cccc(Oc2ccc(C)nn2)c1. The van der Waals surface area contributed by atoms with Gasteiger partial charge in [-0.05, 0) is 56.9 Å². The van der Waals surface area contributed by atoms with Crippen molar-refractivity contribution >= 4 is 5.91 Å². The van der Waals surface area contributed by atoms with Gasteiger partial charge in [0.25, 0.3) is 5.91 Å². The van der Waals surface area contributed by atoms with E-state index in [1.54, 1.807) is 12.1 Å². The fourth-order valence-corrected chi connectivity index (χ4v) is 3.11. The summed E-state index contributed by atoms with van der Waals surface area (Å²) in [5.41, 5.74) is 1.50. The van der Waals surface area contributed by atoms with Crippen LogP contribution in [0, 0.1) is 6.92 Å². The van der Waals surface area contributed by atoms with Crippen LogP contribution in [0.15, 0.2) is 36.4 Å². The molecule has 1 amide bonds. The third-order valence-electron chi connectivity index (χ3n) is 4.44. The molecule has 1 aromatic heterocycles. The Balaban J connectivity index is 1.76. The van der Waals surface area contributed by atoms with Crippen LogP contribution in [0.3, 0.4) is 0 Å². The number of likely N-dealkylation sites (tertiary alicyclic amines) is 1. The Bertz CT molecular complexity index is 700. The monoisotopic (exact) mass is 325 g/mol. The van der Waals surface area contributed by atoms with Gasteiger partial charge in [0.05, 0.1) is 5.69 Å². The number of carbonyl (C=O) groups excluding carboxylic acids is 1. The average molecular weight is 325 g/mol. The van der Waals surface area contributed by atoms with Crippen LogP contribution in [-0.2, 0) is 0 Å². The van der Waals surface area contributed by atoms with Crippen LogP contribution in [0.2, 0.25) is 0 Å². The van der Waals surface area contributed by atoms with E-state index in [9.17, 15) is 4.79 Å².